The molecular weight excluding hydrogens is 332 g/mol. The van der Waals surface area contributed by atoms with Crippen molar-refractivity contribution in [3.05, 3.63) is 45.9 Å². The molecular formula is C19H28N4OS. The molecule has 0 aliphatic heterocycles. The van der Waals surface area contributed by atoms with Crippen molar-refractivity contribution in [2.75, 3.05) is 26.7 Å². The van der Waals surface area contributed by atoms with E-state index in [9.17, 15) is 0 Å². The molecule has 2 rings (SSSR count). The van der Waals surface area contributed by atoms with Crippen molar-refractivity contribution in [3.63, 3.8) is 0 Å². The SMILES string of the molecule is CN=C(NCCCCc1nc(C)cs1)NCCOc1ccc(C)cc1. The quantitative estimate of drug-likeness (QED) is 0.409. The number of nitrogens with zero attached hydrogens (tertiary/aromatic N) is 2. The zero-order valence-electron chi connectivity index (χ0n) is 15.3. The Morgan fingerprint density at radius 1 is 1.12 bits per heavy atom. The van der Waals surface area contributed by atoms with Crippen LogP contribution in [0.15, 0.2) is 34.6 Å². The fourth-order valence-corrected chi connectivity index (χ4v) is 3.14. The lowest BCUT2D eigenvalue weighted by Gasteiger charge is -2.12. The number of unbranched alkanes of at least 4 members (excludes halogenated alkanes) is 1. The monoisotopic (exact) mass is 360 g/mol. The van der Waals surface area contributed by atoms with E-state index in [0.717, 1.165) is 43.2 Å². The minimum Gasteiger partial charge on any atom is -0.492 e. The summed E-state index contributed by atoms with van der Waals surface area (Å²) in [6, 6.07) is 8.09. The third kappa shape index (κ3) is 7.56. The fourth-order valence-electron chi connectivity index (χ4n) is 2.32. The van der Waals surface area contributed by atoms with Gasteiger partial charge in [0.2, 0.25) is 0 Å². The predicted molar refractivity (Wildman–Crippen MR) is 106 cm³/mol. The first kappa shape index (κ1) is 19.2. The number of guanidine groups is 1. The number of aromatic nitrogens is 1. The van der Waals surface area contributed by atoms with Gasteiger partial charge in [-0.15, -0.1) is 11.3 Å². The van der Waals surface area contributed by atoms with Crippen molar-refractivity contribution in [1.82, 2.24) is 15.6 Å². The fraction of sp³-hybridized carbons (Fsp3) is 0.474. The number of benzene rings is 1. The predicted octanol–water partition coefficient (Wildman–Crippen LogP) is 3.33. The highest BCUT2D eigenvalue weighted by atomic mass is 32.1. The van der Waals surface area contributed by atoms with Gasteiger partial charge in [0.1, 0.15) is 12.4 Å². The molecule has 2 N–H and O–H groups in total. The molecule has 2 aromatic rings. The highest BCUT2D eigenvalue weighted by Gasteiger charge is 2.00. The number of aryl methyl sites for hydroxylation is 3. The number of thiazole rings is 1. The van der Waals surface area contributed by atoms with Crippen LogP contribution in [0.2, 0.25) is 0 Å². The molecule has 1 aromatic carbocycles. The molecule has 0 amide bonds. The van der Waals surface area contributed by atoms with Gasteiger partial charge < -0.3 is 15.4 Å². The molecule has 0 saturated carbocycles. The lowest BCUT2D eigenvalue weighted by Crippen LogP contribution is -2.39. The van der Waals surface area contributed by atoms with Crippen LogP contribution in [-0.2, 0) is 6.42 Å². The standard InChI is InChI=1S/C19H28N4OS/c1-15-7-9-17(10-8-15)24-13-12-22-19(20-3)21-11-5-4-6-18-23-16(2)14-25-18/h7-10,14H,4-6,11-13H2,1-3H3,(H2,20,21,22). The Kier molecular flexibility index (Phi) is 8.25. The molecule has 0 unspecified atom stereocenters. The molecule has 136 valence electrons. The average Bonchev–Trinajstić information content (AvgIpc) is 3.03. The Balaban J connectivity index is 1.53. The summed E-state index contributed by atoms with van der Waals surface area (Å²) >= 11 is 1.75. The van der Waals surface area contributed by atoms with E-state index in [2.05, 4.69) is 45.0 Å². The molecule has 1 aromatic heterocycles. The molecule has 0 spiro atoms. The van der Waals surface area contributed by atoms with E-state index in [1.165, 1.54) is 10.6 Å². The lowest BCUT2D eigenvalue weighted by molar-refractivity contribution is 0.322. The van der Waals surface area contributed by atoms with Gasteiger partial charge in [-0.3, -0.25) is 4.99 Å². The Labute approximate surface area is 154 Å². The first-order chi connectivity index (χ1) is 12.2. The number of aliphatic imine (C=N–C) groups is 1. The topological polar surface area (TPSA) is 58.5 Å². The highest BCUT2D eigenvalue weighted by molar-refractivity contribution is 7.09. The van der Waals surface area contributed by atoms with Crippen LogP contribution >= 0.6 is 11.3 Å². The summed E-state index contributed by atoms with van der Waals surface area (Å²) in [6.07, 6.45) is 3.28. The Morgan fingerprint density at radius 3 is 2.56 bits per heavy atom. The van der Waals surface area contributed by atoms with E-state index in [0.29, 0.717) is 13.2 Å². The minimum atomic E-state index is 0.604. The molecule has 0 radical (unpaired) electrons. The summed E-state index contributed by atoms with van der Waals surface area (Å²) in [5.41, 5.74) is 2.36. The second-order valence-corrected chi connectivity index (χ2v) is 6.87. The molecule has 0 atom stereocenters. The molecule has 1 heterocycles. The van der Waals surface area contributed by atoms with E-state index < -0.39 is 0 Å². The van der Waals surface area contributed by atoms with Gasteiger partial charge in [0.25, 0.3) is 0 Å². The van der Waals surface area contributed by atoms with Crippen molar-refractivity contribution in [3.8, 4) is 5.75 Å². The number of hydrogen-bond acceptors (Lipinski definition) is 4. The maximum atomic E-state index is 5.70. The van der Waals surface area contributed by atoms with E-state index in [1.54, 1.807) is 18.4 Å². The molecule has 5 nitrogen and oxygen atoms in total. The normalized spacial score (nSPS) is 11.4. The second-order valence-electron chi connectivity index (χ2n) is 5.93. The summed E-state index contributed by atoms with van der Waals surface area (Å²) < 4.78 is 5.70. The molecule has 0 fully saturated rings. The summed E-state index contributed by atoms with van der Waals surface area (Å²) in [5.74, 6) is 1.71. The van der Waals surface area contributed by atoms with Crippen molar-refractivity contribution in [1.29, 1.82) is 0 Å². The van der Waals surface area contributed by atoms with E-state index in [-0.39, 0.29) is 0 Å². The van der Waals surface area contributed by atoms with Gasteiger partial charge >= 0.3 is 0 Å². The Bertz CT molecular complexity index is 652. The number of nitrogens with one attached hydrogen (secondary N) is 2. The van der Waals surface area contributed by atoms with Gasteiger partial charge in [0, 0.05) is 24.7 Å². The molecule has 25 heavy (non-hydrogen) atoms. The van der Waals surface area contributed by atoms with Gasteiger partial charge in [0.15, 0.2) is 5.96 Å². The molecule has 0 aliphatic carbocycles. The van der Waals surface area contributed by atoms with Crippen LogP contribution in [0.4, 0.5) is 0 Å². The van der Waals surface area contributed by atoms with Crippen molar-refractivity contribution in [2.24, 2.45) is 4.99 Å². The van der Waals surface area contributed by atoms with Crippen LogP contribution in [-0.4, -0.2) is 37.7 Å². The maximum Gasteiger partial charge on any atom is 0.191 e. The third-order valence-corrected chi connectivity index (χ3v) is 4.71. The summed E-state index contributed by atoms with van der Waals surface area (Å²) in [7, 11) is 1.79. The maximum absolute atomic E-state index is 5.70. The third-order valence-electron chi connectivity index (χ3n) is 3.68. The smallest absolute Gasteiger partial charge is 0.191 e. The average molecular weight is 361 g/mol. The van der Waals surface area contributed by atoms with Crippen LogP contribution in [0.25, 0.3) is 0 Å². The van der Waals surface area contributed by atoms with Crippen molar-refractivity contribution in [2.45, 2.75) is 33.1 Å². The molecule has 6 heteroatoms. The van der Waals surface area contributed by atoms with Crippen LogP contribution in [0, 0.1) is 13.8 Å². The number of ether oxygens (including phenoxy) is 1. The van der Waals surface area contributed by atoms with Crippen LogP contribution < -0.4 is 15.4 Å². The van der Waals surface area contributed by atoms with E-state index >= 15 is 0 Å². The number of hydrogen-bond donors (Lipinski definition) is 2. The van der Waals surface area contributed by atoms with Crippen LogP contribution in [0.3, 0.4) is 0 Å². The molecule has 0 aliphatic rings. The van der Waals surface area contributed by atoms with Gasteiger partial charge in [-0.05, 0) is 45.2 Å². The minimum absolute atomic E-state index is 0.604. The van der Waals surface area contributed by atoms with Crippen molar-refractivity contribution < 1.29 is 4.74 Å². The summed E-state index contributed by atoms with van der Waals surface area (Å²) in [4.78, 5) is 8.72. The Morgan fingerprint density at radius 2 is 1.88 bits per heavy atom. The summed E-state index contributed by atoms with van der Waals surface area (Å²) in [6.45, 7) is 6.33. The van der Waals surface area contributed by atoms with E-state index in [4.69, 9.17) is 4.74 Å². The van der Waals surface area contributed by atoms with E-state index in [1.807, 2.05) is 19.1 Å². The molecule has 0 bridgehead atoms. The van der Waals surface area contributed by atoms with Crippen LogP contribution in [0.5, 0.6) is 5.75 Å². The molecule has 0 saturated heterocycles. The zero-order chi connectivity index (χ0) is 17.9. The summed E-state index contributed by atoms with van der Waals surface area (Å²) in [5, 5.41) is 9.94. The first-order valence-electron chi connectivity index (χ1n) is 8.72. The highest BCUT2D eigenvalue weighted by Crippen LogP contribution is 2.12. The lowest BCUT2D eigenvalue weighted by atomic mass is 10.2. The van der Waals surface area contributed by atoms with Crippen LogP contribution in [0.1, 0.15) is 29.1 Å². The van der Waals surface area contributed by atoms with Gasteiger partial charge in [-0.2, -0.15) is 0 Å². The Hall–Kier alpha value is -2.08. The zero-order valence-corrected chi connectivity index (χ0v) is 16.2. The van der Waals surface area contributed by atoms with Gasteiger partial charge in [-0.25, -0.2) is 4.98 Å². The van der Waals surface area contributed by atoms with Gasteiger partial charge in [-0.1, -0.05) is 17.7 Å². The largest absolute Gasteiger partial charge is 0.492 e. The van der Waals surface area contributed by atoms with Gasteiger partial charge in [0.05, 0.1) is 11.6 Å². The number of rotatable bonds is 9. The first-order valence-corrected chi connectivity index (χ1v) is 9.60. The second kappa shape index (κ2) is 10.7. The van der Waals surface area contributed by atoms with Crippen molar-refractivity contribution >= 4 is 17.3 Å².